The molecule has 0 aromatic heterocycles. The number of allylic oxidation sites excluding steroid dienone is 1. The Morgan fingerprint density at radius 3 is 2.48 bits per heavy atom. The van der Waals surface area contributed by atoms with Gasteiger partial charge in [-0.2, -0.15) is 0 Å². The molecular formula is C15H17BrN2O3. The van der Waals surface area contributed by atoms with Crippen molar-refractivity contribution in [1.82, 2.24) is 9.80 Å². The van der Waals surface area contributed by atoms with Gasteiger partial charge in [0.25, 0.3) is 0 Å². The first-order valence-corrected chi connectivity index (χ1v) is 7.23. The molecule has 1 heterocycles. The van der Waals surface area contributed by atoms with E-state index in [2.05, 4.69) is 15.9 Å². The Kier molecular flexibility index (Phi) is 4.37. The molecule has 0 saturated heterocycles. The van der Waals surface area contributed by atoms with Crippen LogP contribution < -0.4 is 0 Å². The van der Waals surface area contributed by atoms with Gasteiger partial charge in [0, 0.05) is 24.3 Å². The van der Waals surface area contributed by atoms with Crippen molar-refractivity contribution < 1.29 is 14.3 Å². The maximum Gasteiger partial charge on any atom is 0.337 e. The van der Waals surface area contributed by atoms with Crippen LogP contribution in [0.1, 0.15) is 18.5 Å². The highest BCUT2D eigenvalue weighted by atomic mass is 79.9. The van der Waals surface area contributed by atoms with E-state index in [9.17, 15) is 9.59 Å². The highest BCUT2D eigenvalue weighted by Crippen LogP contribution is 2.38. The molecule has 0 aliphatic carbocycles. The summed E-state index contributed by atoms with van der Waals surface area (Å²) >= 11 is 3.49. The number of halogens is 1. The number of hydrogen-bond acceptors (Lipinski definition) is 3. The van der Waals surface area contributed by atoms with Gasteiger partial charge in [0.05, 0.1) is 18.7 Å². The topological polar surface area (TPSA) is 49.9 Å². The third-order valence-corrected chi connectivity index (χ3v) is 4.47. The number of hydrogen-bond donors (Lipinski definition) is 0. The molecule has 2 rings (SSSR count). The summed E-state index contributed by atoms with van der Waals surface area (Å²) in [6.45, 7) is 1.75. The van der Waals surface area contributed by atoms with Gasteiger partial charge in [0.2, 0.25) is 0 Å². The summed E-state index contributed by atoms with van der Waals surface area (Å²) in [4.78, 5) is 27.5. The minimum absolute atomic E-state index is 0.166. The number of methoxy groups -OCH3 is 1. The predicted octanol–water partition coefficient (Wildman–Crippen LogP) is 2.93. The molecular weight excluding hydrogens is 336 g/mol. The Hall–Kier alpha value is -1.82. The fourth-order valence-corrected chi connectivity index (χ4v) is 2.99. The van der Waals surface area contributed by atoms with Crippen LogP contribution in [0.15, 0.2) is 40.0 Å². The van der Waals surface area contributed by atoms with E-state index in [-0.39, 0.29) is 6.03 Å². The summed E-state index contributed by atoms with van der Waals surface area (Å²) in [7, 11) is 4.67. The van der Waals surface area contributed by atoms with E-state index in [1.54, 1.807) is 25.9 Å². The zero-order valence-electron chi connectivity index (χ0n) is 12.4. The standard InChI is InChI=1S/C15H17BrN2O3/c1-9-12(14(19)21-4)13(18(3)15(20)17(9)2)10-7-5-6-8-11(10)16/h5-8,13H,1-4H3/t13-/m0/s1. The van der Waals surface area contributed by atoms with E-state index < -0.39 is 12.0 Å². The van der Waals surface area contributed by atoms with Gasteiger partial charge in [-0.05, 0) is 18.6 Å². The fraction of sp³-hybridized carbons (Fsp3) is 0.333. The van der Waals surface area contributed by atoms with Gasteiger partial charge in [-0.1, -0.05) is 34.1 Å². The summed E-state index contributed by atoms with van der Waals surface area (Å²) in [6, 6.07) is 6.90. The lowest BCUT2D eigenvalue weighted by Gasteiger charge is -2.39. The quantitative estimate of drug-likeness (QED) is 0.769. The van der Waals surface area contributed by atoms with Gasteiger partial charge >= 0.3 is 12.0 Å². The van der Waals surface area contributed by atoms with Gasteiger partial charge in [-0.3, -0.25) is 0 Å². The lowest BCUT2D eigenvalue weighted by atomic mass is 9.94. The third-order valence-electron chi connectivity index (χ3n) is 3.75. The molecule has 6 heteroatoms. The van der Waals surface area contributed by atoms with Gasteiger partial charge in [-0.15, -0.1) is 0 Å². The van der Waals surface area contributed by atoms with Crippen LogP contribution in [0.3, 0.4) is 0 Å². The molecule has 1 aromatic carbocycles. The van der Waals surface area contributed by atoms with E-state index in [4.69, 9.17) is 4.74 Å². The normalized spacial score (nSPS) is 19.1. The summed E-state index contributed by atoms with van der Waals surface area (Å²) in [6.07, 6.45) is 0. The van der Waals surface area contributed by atoms with E-state index in [0.29, 0.717) is 11.3 Å². The molecule has 2 amide bonds. The number of esters is 1. The van der Waals surface area contributed by atoms with Crippen LogP contribution >= 0.6 is 15.9 Å². The van der Waals surface area contributed by atoms with Crippen molar-refractivity contribution in [2.45, 2.75) is 13.0 Å². The van der Waals surface area contributed by atoms with Crippen molar-refractivity contribution in [1.29, 1.82) is 0 Å². The van der Waals surface area contributed by atoms with Crippen molar-refractivity contribution in [2.24, 2.45) is 0 Å². The first-order valence-electron chi connectivity index (χ1n) is 6.44. The monoisotopic (exact) mass is 352 g/mol. The number of urea groups is 1. The second-order valence-electron chi connectivity index (χ2n) is 4.87. The average molecular weight is 353 g/mol. The Bertz CT molecular complexity index is 627. The fourth-order valence-electron chi connectivity index (χ4n) is 2.49. The van der Waals surface area contributed by atoms with Crippen molar-refractivity contribution in [2.75, 3.05) is 21.2 Å². The Morgan fingerprint density at radius 2 is 1.90 bits per heavy atom. The summed E-state index contributed by atoms with van der Waals surface area (Å²) in [5, 5.41) is 0. The molecule has 21 heavy (non-hydrogen) atoms. The number of rotatable bonds is 2. The third kappa shape index (κ3) is 2.55. The van der Waals surface area contributed by atoms with Gasteiger partial charge in [-0.25, -0.2) is 9.59 Å². The maximum atomic E-state index is 12.3. The predicted molar refractivity (Wildman–Crippen MR) is 82.5 cm³/mol. The minimum atomic E-state index is -0.475. The molecule has 0 unspecified atom stereocenters. The van der Waals surface area contributed by atoms with Crippen molar-refractivity contribution in [3.05, 3.63) is 45.6 Å². The van der Waals surface area contributed by atoms with E-state index in [0.717, 1.165) is 10.0 Å². The SMILES string of the molecule is COC(=O)C1=C(C)N(C)C(=O)N(C)[C@H]1c1ccccc1Br. The molecule has 5 nitrogen and oxygen atoms in total. The molecule has 1 aliphatic heterocycles. The first-order chi connectivity index (χ1) is 9.90. The van der Waals surface area contributed by atoms with Crippen LogP contribution in [0, 0.1) is 0 Å². The Morgan fingerprint density at radius 1 is 1.29 bits per heavy atom. The summed E-state index contributed by atoms with van der Waals surface area (Å²) in [5.74, 6) is -0.431. The molecule has 0 N–H and O–H groups in total. The van der Waals surface area contributed by atoms with E-state index in [1.807, 2.05) is 24.3 Å². The van der Waals surface area contributed by atoms with Crippen LogP contribution in [0.4, 0.5) is 4.79 Å². The largest absolute Gasteiger partial charge is 0.466 e. The molecule has 0 fully saturated rings. The highest BCUT2D eigenvalue weighted by Gasteiger charge is 2.39. The molecule has 1 aliphatic rings. The average Bonchev–Trinajstić information content (AvgIpc) is 2.49. The lowest BCUT2D eigenvalue weighted by Crippen LogP contribution is -2.47. The van der Waals surface area contributed by atoms with Crippen LogP contribution in [0.2, 0.25) is 0 Å². The highest BCUT2D eigenvalue weighted by molar-refractivity contribution is 9.10. The lowest BCUT2D eigenvalue weighted by molar-refractivity contribution is -0.137. The Balaban J connectivity index is 2.67. The zero-order chi connectivity index (χ0) is 15.7. The zero-order valence-corrected chi connectivity index (χ0v) is 14.0. The van der Waals surface area contributed by atoms with Gasteiger partial charge in [0.15, 0.2) is 0 Å². The van der Waals surface area contributed by atoms with Crippen LogP contribution in [-0.4, -0.2) is 43.0 Å². The first kappa shape index (κ1) is 15.6. The van der Waals surface area contributed by atoms with Crippen molar-refractivity contribution in [3.63, 3.8) is 0 Å². The van der Waals surface area contributed by atoms with Crippen LogP contribution in [-0.2, 0) is 9.53 Å². The van der Waals surface area contributed by atoms with Crippen LogP contribution in [0.25, 0.3) is 0 Å². The number of likely N-dealkylation sites (N-methyl/N-ethyl adjacent to an activating group) is 1. The Labute approximate surface area is 132 Å². The molecule has 1 aromatic rings. The summed E-state index contributed by atoms with van der Waals surface area (Å²) < 4.78 is 5.75. The molecule has 0 spiro atoms. The van der Waals surface area contributed by atoms with Gasteiger partial charge in [0.1, 0.15) is 0 Å². The number of carbonyl (C=O) groups is 2. The number of amides is 2. The van der Waals surface area contributed by atoms with Crippen molar-refractivity contribution >= 4 is 27.9 Å². The molecule has 0 bridgehead atoms. The summed E-state index contributed by atoms with van der Waals surface area (Å²) in [5.41, 5.74) is 1.92. The molecule has 0 radical (unpaired) electrons. The molecule has 112 valence electrons. The van der Waals surface area contributed by atoms with E-state index in [1.165, 1.54) is 12.0 Å². The second-order valence-corrected chi connectivity index (χ2v) is 5.72. The second kappa shape index (κ2) is 5.89. The number of benzene rings is 1. The van der Waals surface area contributed by atoms with Crippen LogP contribution in [0.5, 0.6) is 0 Å². The maximum absolute atomic E-state index is 12.3. The van der Waals surface area contributed by atoms with E-state index >= 15 is 0 Å². The minimum Gasteiger partial charge on any atom is -0.466 e. The number of carbonyl (C=O) groups excluding carboxylic acids is 2. The van der Waals surface area contributed by atoms with Crippen molar-refractivity contribution in [3.8, 4) is 0 Å². The van der Waals surface area contributed by atoms with Gasteiger partial charge < -0.3 is 14.5 Å². The molecule has 0 saturated carbocycles. The number of nitrogens with zero attached hydrogens (tertiary/aromatic N) is 2. The number of ether oxygens (including phenoxy) is 1. The smallest absolute Gasteiger partial charge is 0.337 e. The molecule has 1 atom stereocenters.